The molecule has 0 aliphatic heterocycles. The van der Waals surface area contributed by atoms with Gasteiger partial charge in [0.2, 0.25) is 0 Å². The lowest BCUT2D eigenvalue weighted by Gasteiger charge is -2.02. The summed E-state index contributed by atoms with van der Waals surface area (Å²) in [4.78, 5) is 36.9. The van der Waals surface area contributed by atoms with Gasteiger partial charge in [0.15, 0.2) is 11.5 Å². The first-order valence-electron chi connectivity index (χ1n) is 6.45. The Morgan fingerprint density at radius 3 is 2.76 bits per heavy atom. The normalized spacial score (nSPS) is 11.1. The molecule has 2 N–H and O–H groups in total. The molecule has 0 unspecified atom stereocenters. The summed E-state index contributed by atoms with van der Waals surface area (Å²) in [5.74, 6) is -0.151. The molecule has 0 aliphatic rings. The molecule has 0 bridgehead atoms. The van der Waals surface area contributed by atoms with E-state index in [0.717, 1.165) is 12.6 Å². The number of hydrogen-bond donors (Lipinski definition) is 2. The Balaban J connectivity index is 2.26. The monoisotopic (exact) mass is 289 g/mol. The molecule has 0 aromatic carbocycles. The number of halogens is 1. The molecule has 0 amide bonds. The van der Waals surface area contributed by atoms with Gasteiger partial charge in [-0.1, -0.05) is 6.92 Å². The highest BCUT2D eigenvalue weighted by Crippen LogP contribution is 2.16. The third-order valence-electron chi connectivity index (χ3n) is 3.05. The minimum absolute atomic E-state index is 0.198. The highest BCUT2D eigenvalue weighted by molar-refractivity contribution is 5.74. The zero-order chi connectivity index (χ0) is 15.0. The van der Waals surface area contributed by atoms with E-state index in [-0.39, 0.29) is 11.2 Å². The molecule has 0 saturated heterocycles. The van der Waals surface area contributed by atoms with Crippen molar-refractivity contribution < 1.29 is 4.39 Å². The maximum absolute atomic E-state index is 12.9. The van der Waals surface area contributed by atoms with Gasteiger partial charge in [-0.3, -0.25) is 14.3 Å². The van der Waals surface area contributed by atoms with E-state index in [1.54, 1.807) is 0 Å². The second-order valence-electron chi connectivity index (χ2n) is 4.56. The highest BCUT2D eigenvalue weighted by Gasteiger charge is 2.14. The molecule has 0 atom stereocenters. The summed E-state index contributed by atoms with van der Waals surface area (Å²) >= 11 is 0. The third kappa shape index (κ3) is 2.24. The maximum Gasteiger partial charge on any atom is 0.330 e. The van der Waals surface area contributed by atoms with Crippen LogP contribution in [-0.4, -0.2) is 24.5 Å². The molecule has 3 heterocycles. The van der Waals surface area contributed by atoms with Crippen molar-refractivity contribution in [3.8, 4) is 11.5 Å². The Morgan fingerprint density at radius 2 is 2.10 bits per heavy atom. The molecule has 0 aliphatic carbocycles. The predicted molar refractivity (Wildman–Crippen MR) is 74.5 cm³/mol. The summed E-state index contributed by atoms with van der Waals surface area (Å²) in [6.45, 7) is 2.35. The minimum Gasteiger partial charge on any atom is -0.331 e. The number of aromatic nitrogens is 5. The standard InChI is InChI=1S/C13H12FN5O2/c1-2-5-19-11-9(12(20)18-13(19)21)16-10(17-11)8-4-3-7(14)6-15-8/h3-4,6H,2,5H2,1H3,(H,16,17)(H,18,20,21). The van der Waals surface area contributed by atoms with Crippen LogP contribution in [0.15, 0.2) is 27.9 Å². The van der Waals surface area contributed by atoms with Crippen LogP contribution in [0.4, 0.5) is 4.39 Å². The summed E-state index contributed by atoms with van der Waals surface area (Å²) < 4.78 is 14.3. The number of imidazole rings is 1. The van der Waals surface area contributed by atoms with Crippen molar-refractivity contribution in [2.45, 2.75) is 19.9 Å². The van der Waals surface area contributed by atoms with Crippen molar-refractivity contribution in [2.75, 3.05) is 0 Å². The van der Waals surface area contributed by atoms with Gasteiger partial charge >= 0.3 is 5.69 Å². The number of nitrogens with one attached hydrogen (secondary N) is 2. The van der Waals surface area contributed by atoms with E-state index in [1.165, 1.54) is 16.7 Å². The number of aryl methyl sites for hydroxylation is 1. The van der Waals surface area contributed by atoms with E-state index < -0.39 is 17.1 Å². The van der Waals surface area contributed by atoms with Crippen molar-refractivity contribution in [2.24, 2.45) is 0 Å². The van der Waals surface area contributed by atoms with E-state index >= 15 is 0 Å². The number of aromatic amines is 2. The van der Waals surface area contributed by atoms with Crippen LogP contribution in [0.25, 0.3) is 22.7 Å². The van der Waals surface area contributed by atoms with E-state index in [4.69, 9.17) is 0 Å². The van der Waals surface area contributed by atoms with Crippen molar-refractivity contribution in [1.29, 1.82) is 0 Å². The predicted octanol–water partition coefficient (Wildman–Crippen LogP) is 1.02. The number of H-pyrrole nitrogens is 2. The molecule has 3 rings (SSSR count). The zero-order valence-corrected chi connectivity index (χ0v) is 11.2. The van der Waals surface area contributed by atoms with Gasteiger partial charge in [-0.05, 0) is 18.6 Å². The van der Waals surface area contributed by atoms with E-state index in [0.29, 0.717) is 18.1 Å². The van der Waals surface area contributed by atoms with Crippen molar-refractivity contribution in [3.63, 3.8) is 0 Å². The molecule has 0 fully saturated rings. The smallest absolute Gasteiger partial charge is 0.330 e. The zero-order valence-electron chi connectivity index (χ0n) is 11.2. The number of pyridine rings is 1. The second-order valence-corrected chi connectivity index (χ2v) is 4.56. The maximum atomic E-state index is 12.9. The van der Waals surface area contributed by atoms with E-state index in [9.17, 15) is 14.0 Å². The van der Waals surface area contributed by atoms with Gasteiger partial charge in [-0.25, -0.2) is 19.2 Å². The van der Waals surface area contributed by atoms with Crippen LogP contribution in [0.5, 0.6) is 0 Å². The topological polar surface area (TPSA) is 96.4 Å². The van der Waals surface area contributed by atoms with E-state index in [1.807, 2.05) is 6.92 Å². The number of hydrogen-bond acceptors (Lipinski definition) is 4. The molecule has 21 heavy (non-hydrogen) atoms. The fraction of sp³-hybridized carbons (Fsp3) is 0.231. The molecular weight excluding hydrogens is 277 g/mol. The van der Waals surface area contributed by atoms with E-state index in [2.05, 4.69) is 19.9 Å². The molecule has 8 heteroatoms. The lowest BCUT2D eigenvalue weighted by molar-refractivity contribution is 0.621. The van der Waals surface area contributed by atoms with Gasteiger partial charge in [0.1, 0.15) is 17.0 Å². The van der Waals surface area contributed by atoms with Gasteiger partial charge in [0.25, 0.3) is 5.56 Å². The lowest BCUT2D eigenvalue weighted by Crippen LogP contribution is -2.30. The SMILES string of the molecule is CCCn1c(=O)[nH]c(=O)c2[nH]c(-c3ccc(F)cn3)nc21. The van der Waals surface area contributed by atoms with Gasteiger partial charge in [-0.2, -0.15) is 0 Å². The van der Waals surface area contributed by atoms with Crippen LogP contribution in [0.3, 0.4) is 0 Å². The number of fused-ring (bicyclic) bond motifs is 1. The Bertz CT molecular complexity index is 907. The summed E-state index contributed by atoms with van der Waals surface area (Å²) in [6.07, 6.45) is 1.78. The fourth-order valence-corrected chi connectivity index (χ4v) is 2.11. The summed E-state index contributed by atoms with van der Waals surface area (Å²) in [7, 11) is 0. The Hall–Kier alpha value is -2.77. The molecule has 0 radical (unpaired) electrons. The summed E-state index contributed by atoms with van der Waals surface area (Å²) in [5, 5.41) is 0. The van der Waals surface area contributed by atoms with Crippen LogP contribution >= 0.6 is 0 Å². The molecule has 0 saturated carbocycles. The fourth-order valence-electron chi connectivity index (χ4n) is 2.11. The van der Waals surface area contributed by atoms with Crippen LogP contribution in [0.1, 0.15) is 13.3 Å². The first-order chi connectivity index (χ1) is 10.1. The first-order valence-corrected chi connectivity index (χ1v) is 6.45. The Labute approximate surface area is 117 Å². The van der Waals surface area contributed by atoms with Crippen LogP contribution in [-0.2, 0) is 6.54 Å². The third-order valence-corrected chi connectivity index (χ3v) is 3.05. The highest BCUT2D eigenvalue weighted by atomic mass is 19.1. The van der Waals surface area contributed by atoms with Gasteiger partial charge in [-0.15, -0.1) is 0 Å². The largest absolute Gasteiger partial charge is 0.331 e. The summed E-state index contributed by atoms with van der Waals surface area (Å²) in [5.41, 5.74) is -0.180. The van der Waals surface area contributed by atoms with Crippen LogP contribution in [0.2, 0.25) is 0 Å². The summed E-state index contributed by atoms with van der Waals surface area (Å²) in [6, 6.07) is 2.70. The van der Waals surface area contributed by atoms with Crippen molar-refractivity contribution in [3.05, 3.63) is 45.0 Å². The molecule has 7 nitrogen and oxygen atoms in total. The Kier molecular flexibility index (Phi) is 3.13. The number of rotatable bonds is 3. The molecular formula is C13H12FN5O2. The average molecular weight is 289 g/mol. The molecule has 0 spiro atoms. The first kappa shape index (κ1) is 13.2. The van der Waals surface area contributed by atoms with Crippen LogP contribution in [0, 0.1) is 5.82 Å². The number of nitrogens with zero attached hydrogens (tertiary/aromatic N) is 3. The lowest BCUT2D eigenvalue weighted by atomic mass is 10.3. The second kappa shape index (κ2) is 4.97. The van der Waals surface area contributed by atoms with Crippen molar-refractivity contribution in [1.82, 2.24) is 24.5 Å². The van der Waals surface area contributed by atoms with Gasteiger partial charge in [0, 0.05) is 6.54 Å². The van der Waals surface area contributed by atoms with Gasteiger partial charge in [0.05, 0.1) is 6.20 Å². The molecule has 3 aromatic heterocycles. The van der Waals surface area contributed by atoms with Crippen LogP contribution < -0.4 is 11.2 Å². The van der Waals surface area contributed by atoms with Gasteiger partial charge < -0.3 is 4.98 Å². The minimum atomic E-state index is -0.539. The molecule has 3 aromatic rings. The quantitative estimate of drug-likeness (QED) is 0.752. The average Bonchev–Trinajstić information content (AvgIpc) is 2.90. The Morgan fingerprint density at radius 1 is 1.29 bits per heavy atom. The molecule has 108 valence electrons. The van der Waals surface area contributed by atoms with Crippen molar-refractivity contribution >= 4 is 11.2 Å².